The zero-order valence-corrected chi connectivity index (χ0v) is 16.1. The molecule has 132 valence electrons. The molecule has 3 nitrogen and oxygen atoms in total. The third-order valence-corrected chi connectivity index (χ3v) is 4.99. The smallest absolute Gasteiger partial charge is 0.0517 e. The van der Waals surface area contributed by atoms with Gasteiger partial charge in [0.1, 0.15) is 0 Å². The lowest BCUT2D eigenvalue weighted by atomic mass is 10.00. The summed E-state index contributed by atoms with van der Waals surface area (Å²) in [5.41, 5.74) is 11.3. The molecule has 0 saturated carbocycles. The van der Waals surface area contributed by atoms with Crippen molar-refractivity contribution in [2.45, 2.75) is 19.3 Å². The van der Waals surface area contributed by atoms with Crippen molar-refractivity contribution in [2.75, 3.05) is 25.5 Å². The molecule has 0 amide bonds. The molecule has 0 aliphatic rings. The van der Waals surface area contributed by atoms with Gasteiger partial charge in [0.05, 0.1) is 5.02 Å². The summed E-state index contributed by atoms with van der Waals surface area (Å²) in [6, 6.07) is 12.3. The summed E-state index contributed by atoms with van der Waals surface area (Å²) >= 11 is 12.7. The Hall–Kier alpha value is -1.68. The minimum absolute atomic E-state index is 0.641. The van der Waals surface area contributed by atoms with Gasteiger partial charge in [-0.1, -0.05) is 35.3 Å². The number of H-pyrrole nitrogens is 1. The van der Waals surface area contributed by atoms with E-state index < -0.39 is 0 Å². The van der Waals surface area contributed by atoms with E-state index in [0.29, 0.717) is 16.6 Å². The fraction of sp³-hybridized carbons (Fsp3) is 0.300. The molecule has 2 aromatic carbocycles. The van der Waals surface area contributed by atoms with Gasteiger partial charge in [0.25, 0.3) is 0 Å². The molecule has 0 radical (unpaired) electrons. The normalized spacial score (nSPS) is 11.2. The molecular formula is C20H23Cl2N3. The topological polar surface area (TPSA) is 45.0 Å². The van der Waals surface area contributed by atoms with Gasteiger partial charge in [0.15, 0.2) is 0 Å². The second-order valence-electron chi connectivity index (χ2n) is 6.48. The molecular weight excluding hydrogens is 353 g/mol. The van der Waals surface area contributed by atoms with Crippen molar-refractivity contribution >= 4 is 39.8 Å². The number of fused-ring (bicyclic) bond motifs is 1. The zero-order chi connectivity index (χ0) is 18.0. The van der Waals surface area contributed by atoms with Crippen molar-refractivity contribution in [3.8, 4) is 11.3 Å². The number of aromatic amines is 1. The lowest BCUT2D eigenvalue weighted by Crippen LogP contribution is -2.07. The number of unbranched alkanes of at least 4 members (excludes halogenated alkanes) is 1. The van der Waals surface area contributed by atoms with E-state index in [1.807, 2.05) is 26.2 Å². The van der Waals surface area contributed by atoms with Crippen LogP contribution < -0.4 is 10.6 Å². The highest BCUT2D eigenvalue weighted by molar-refractivity contribution is 6.39. The van der Waals surface area contributed by atoms with Crippen LogP contribution in [-0.2, 0) is 6.42 Å². The predicted octanol–water partition coefficient (Wildman–Crippen LogP) is 5.49. The van der Waals surface area contributed by atoms with Crippen LogP contribution in [-0.4, -0.2) is 25.6 Å². The SMILES string of the molecule is CN(C)c1ccc(-c2[nH]c3cc(Cl)cc(Cl)c3c2CCCCN)cc1. The van der Waals surface area contributed by atoms with E-state index in [-0.39, 0.29) is 0 Å². The number of aryl methyl sites for hydroxylation is 1. The molecule has 0 fully saturated rings. The van der Waals surface area contributed by atoms with E-state index in [2.05, 4.69) is 34.1 Å². The van der Waals surface area contributed by atoms with Gasteiger partial charge >= 0.3 is 0 Å². The number of anilines is 1. The Balaban J connectivity index is 2.12. The molecule has 0 saturated heterocycles. The molecule has 1 heterocycles. The van der Waals surface area contributed by atoms with Gasteiger partial charge in [0, 0.05) is 41.4 Å². The molecule has 0 unspecified atom stereocenters. The first-order valence-corrected chi connectivity index (χ1v) is 9.24. The highest BCUT2D eigenvalue weighted by atomic mass is 35.5. The van der Waals surface area contributed by atoms with E-state index in [1.54, 1.807) is 0 Å². The lowest BCUT2D eigenvalue weighted by Gasteiger charge is -2.13. The summed E-state index contributed by atoms with van der Waals surface area (Å²) in [6.45, 7) is 0.703. The van der Waals surface area contributed by atoms with Crippen LogP contribution in [0.2, 0.25) is 10.0 Å². The Kier molecular flexibility index (Phi) is 5.57. The average Bonchev–Trinajstić information content (AvgIpc) is 2.94. The first kappa shape index (κ1) is 18.1. The van der Waals surface area contributed by atoms with Gasteiger partial charge in [-0.2, -0.15) is 0 Å². The molecule has 25 heavy (non-hydrogen) atoms. The van der Waals surface area contributed by atoms with E-state index in [4.69, 9.17) is 28.9 Å². The van der Waals surface area contributed by atoms with E-state index in [0.717, 1.165) is 41.4 Å². The maximum absolute atomic E-state index is 6.51. The molecule has 0 spiro atoms. The summed E-state index contributed by atoms with van der Waals surface area (Å²) in [6.07, 6.45) is 2.96. The number of aromatic nitrogens is 1. The number of rotatable bonds is 6. The minimum Gasteiger partial charge on any atom is -0.378 e. The number of nitrogens with two attached hydrogens (primary N) is 1. The molecule has 0 aliphatic carbocycles. The van der Waals surface area contributed by atoms with Crippen LogP contribution >= 0.6 is 23.2 Å². The Morgan fingerprint density at radius 1 is 1.04 bits per heavy atom. The lowest BCUT2D eigenvalue weighted by molar-refractivity contribution is 0.748. The maximum Gasteiger partial charge on any atom is 0.0517 e. The van der Waals surface area contributed by atoms with Crippen LogP contribution in [0.25, 0.3) is 22.2 Å². The van der Waals surface area contributed by atoms with E-state index >= 15 is 0 Å². The number of hydrogen-bond acceptors (Lipinski definition) is 2. The van der Waals surface area contributed by atoms with E-state index in [9.17, 15) is 0 Å². The van der Waals surface area contributed by atoms with Gasteiger partial charge < -0.3 is 15.6 Å². The van der Waals surface area contributed by atoms with Gasteiger partial charge in [-0.15, -0.1) is 0 Å². The Morgan fingerprint density at radius 3 is 2.40 bits per heavy atom. The van der Waals surface area contributed by atoms with Crippen LogP contribution in [0.5, 0.6) is 0 Å². The first-order valence-electron chi connectivity index (χ1n) is 8.48. The molecule has 1 aromatic heterocycles. The van der Waals surface area contributed by atoms with Gasteiger partial charge in [-0.3, -0.25) is 0 Å². The predicted molar refractivity (Wildman–Crippen MR) is 110 cm³/mol. The van der Waals surface area contributed by atoms with Gasteiger partial charge in [-0.05, 0) is 61.2 Å². The zero-order valence-electron chi connectivity index (χ0n) is 14.6. The Morgan fingerprint density at radius 2 is 1.76 bits per heavy atom. The van der Waals surface area contributed by atoms with Gasteiger partial charge in [-0.25, -0.2) is 0 Å². The fourth-order valence-corrected chi connectivity index (χ4v) is 3.79. The largest absolute Gasteiger partial charge is 0.378 e. The van der Waals surface area contributed by atoms with E-state index in [1.165, 1.54) is 11.3 Å². The van der Waals surface area contributed by atoms with Crippen LogP contribution in [0, 0.1) is 0 Å². The summed E-state index contributed by atoms with van der Waals surface area (Å²) in [5.74, 6) is 0. The quantitative estimate of drug-likeness (QED) is 0.559. The molecule has 0 atom stereocenters. The number of benzene rings is 2. The fourth-order valence-electron chi connectivity index (χ4n) is 3.18. The third kappa shape index (κ3) is 3.79. The van der Waals surface area contributed by atoms with Crippen molar-refractivity contribution in [2.24, 2.45) is 5.73 Å². The van der Waals surface area contributed by atoms with Crippen LogP contribution in [0.1, 0.15) is 18.4 Å². The number of nitrogens with zero attached hydrogens (tertiary/aromatic N) is 1. The molecule has 5 heteroatoms. The second kappa shape index (κ2) is 7.69. The summed E-state index contributed by atoms with van der Waals surface area (Å²) in [7, 11) is 4.08. The van der Waals surface area contributed by atoms with Crippen molar-refractivity contribution in [1.29, 1.82) is 0 Å². The number of nitrogens with one attached hydrogen (secondary N) is 1. The summed E-state index contributed by atoms with van der Waals surface area (Å²) in [4.78, 5) is 5.62. The first-order chi connectivity index (χ1) is 12.0. The Bertz CT molecular complexity index is 867. The Labute approximate surface area is 158 Å². The maximum atomic E-state index is 6.51. The molecule has 3 aromatic rings. The number of hydrogen-bond donors (Lipinski definition) is 2. The summed E-state index contributed by atoms with van der Waals surface area (Å²) in [5, 5.41) is 2.40. The van der Waals surface area contributed by atoms with Crippen LogP contribution in [0.15, 0.2) is 36.4 Å². The number of halogens is 2. The van der Waals surface area contributed by atoms with Crippen molar-refractivity contribution in [3.63, 3.8) is 0 Å². The van der Waals surface area contributed by atoms with Crippen molar-refractivity contribution in [3.05, 3.63) is 52.0 Å². The molecule has 3 N–H and O–H groups in total. The standard InChI is InChI=1S/C20H23Cl2N3/c1-25(2)15-8-6-13(7-9-15)20-16(5-3-4-10-23)19-17(22)11-14(21)12-18(19)24-20/h6-9,11-12,24H,3-5,10,23H2,1-2H3. The highest BCUT2D eigenvalue weighted by Gasteiger charge is 2.16. The summed E-state index contributed by atoms with van der Waals surface area (Å²) < 4.78 is 0. The van der Waals surface area contributed by atoms with Crippen LogP contribution in [0.3, 0.4) is 0 Å². The monoisotopic (exact) mass is 375 g/mol. The van der Waals surface area contributed by atoms with Crippen molar-refractivity contribution < 1.29 is 0 Å². The minimum atomic E-state index is 0.641. The molecule has 0 bridgehead atoms. The third-order valence-electron chi connectivity index (χ3n) is 4.47. The highest BCUT2D eigenvalue weighted by Crippen LogP contribution is 2.37. The van der Waals surface area contributed by atoms with Gasteiger partial charge in [0.2, 0.25) is 0 Å². The molecule has 3 rings (SSSR count). The second-order valence-corrected chi connectivity index (χ2v) is 7.32. The van der Waals surface area contributed by atoms with Crippen molar-refractivity contribution in [1.82, 2.24) is 4.98 Å². The molecule has 0 aliphatic heterocycles. The van der Waals surface area contributed by atoms with Crippen LogP contribution in [0.4, 0.5) is 5.69 Å². The average molecular weight is 376 g/mol.